The van der Waals surface area contributed by atoms with Gasteiger partial charge in [-0.1, -0.05) is 17.7 Å². The minimum atomic E-state index is -0.715. The fourth-order valence-corrected chi connectivity index (χ4v) is 2.98. The summed E-state index contributed by atoms with van der Waals surface area (Å²) in [5, 5.41) is 0.158. The van der Waals surface area contributed by atoms with E-state index < -0.39 is 11.6 Å². The molecule has 3 aromatic rings. The van der Waals surface area contributed by atoms with Gasteiger partial charge in [-0.3, -0.25) is 4.79 Å². The van der Waals surface area contributed by atoms with Crippen molar-refractivity contribution in [3.05, 3.63) is 46.5 Å². The van der Waals surface area contributed by atoms with Crippen LogP contribution in [-0.2, 0) is 11.4 Å². The highest BCUT2D eigenvalue weighted by atomic mass is 35.5. The fraction of sp³-hybridized carbons (Fsp3) is 0.278. The molecule has 0 radical (unpaired) electrons. The van der Waals surface area contributed by atoms with Crippen molar-refractivity contribution < 1.29 is 23.0 Å². The van der Waals surface area contributed by atoms with Crippen LogP contribution in [0.25, 0.3) is 11.2 Å². The third kappa shape index (κ3) is 3.57. The molecular weight excluding hydrogens is 394 g/mol. The number of imidazole rings is 1. The van der Waals surface area contributed by atoms with E-state index in [1.165, 1.54) is 13.0 Å². The van der Waals surface area contributed by atoms with Gasteiger partial charge in [0.1, 0.15) is 29.4 Å². The smallest absolute Gasteiger partial charge is 0.296 e. The van der Waals surface area contributed by atoms with Gasteiger partial charge in [0.2, 0.25) is 11.8 Å². The molecule has 7 nitrogen and oxygen atoms in total. The number of hydrogen-bond donors (Lipinski definition) is 1. The van der Waals surface area contributed by atoms with E-state index in [4.69, 9.17) is 21.1 Å². The van der Waals surface area contributed by atoms with Crippen molar-refractivity contribution in [2.24, 2.45) is 0 Å². The molecule has 0 aliphatic carbocycles. The van der Waals surface area contributed by atoms with Crippen LogP contribution >= 0.6 is 11.6 Å². The lowest BCUT2D eigenvalue weighted by molar-refractivity contribution is -0.137. The third-order valence-corrected chi connectivity index (χ3v) is 4.63. The molecule has 28 heavy (non-hydrogen) atoms. The van der Waals surface area contributed by atoms with E-state index >= 15 is 0 Å². The number of nitrogens with zero attached hydrogens (tertiary/aromatic N) is 3. The van der Waals surface area contributed by atoms with E-state index in [0.29, 0.717) is 18.6 Å². The zero-order valence-electron chi connectivity index (χ0n) is 14.7. The molecule has 2 aromatic heterocycles. The first kappa shape index (κ1) is 18.4. The highest BCUT2D eigenvalue weighted by Crippen LogP contribution is 2.28. The number of rotatable bonds is 5. The quantitative estimate of drug-likeness (QED) is 0.701. The molecule has 3 heterocycles. The average molecular weight is 409 g/mol. The maximum atomic E-state index is 13.7. The first-order valence-electron chi connectivity index (χ1n) is 8.45. The predicted octanol–water partition coefficient (Wildman–Crippen LogP) is 3.08. The maximum absolute atomic E-state index is 13.7. The number of benzene rings is 1. The molecule has 0 unspecified atom stereocenters. The highest BCUT2D eigenvalue weighted by Gasteiger charge is 2.31. The first-order valence-corrected chi connectivity index (χ1v) is 8.82. The Morgan fingerprint density at radius 3 is 2.71 bits per heavy atom. The first-order chi connectivity index (χ1) is 13.4. The number of pyridine rings is 1. The molecule has 0 bridgehead atoms. The molecular formula is C18H15ClF2N4O3. The van der Waals surface area contributed by atoms with Gasteiger partial charge in [-0.15, -0.1) is 0 Å². The zero-order chi connectivity index (χ0) is 19.8. The van der Waals surface area contributed by atoms with Gasteiger partial charge < -0.3 is 19.4 Å². The van der Waals surface area contributed by atoms with Gasteiger partial charge >= 0.3 is 0 Å². The van der Waals surface area contributed by atoms with E-state index in [1.54, 1.807) is 11.0 Å². The van der Waals surface area contributed by atoms with Gasteiger partial charge in [0.05, 0.1) is 24.2 Å². The van der Waals surface area contributed by atoms with E-state index in [9.17, 15) is 13.6 Å². The minimum absolute atomic E-state index is 0.00117. The molecule has 1 fully saturated rings. The summed E-state index contributed by atoms with van der Waals surface area (Å²) < 4.78 is 38.5. The van der Waals surface area contributed by atoms with Crippen molar-refractivity contribution in [3.8, 4) is 11.9 Å². The van der Waals surface area contributed by atoms with Gasteiger partial charge in [0, 0.05) is 6.92 Å². The van der Waals surface area contributed by atoms with Gasteiger partial charge in [-0.25, -0.2) is 8.78 Å². The average Bonchev–Trinajstić information content (AvgIpc) is 2.98. The van der Waals surface area contributed by atoms with E-state index in [-0.39, 0.29) is 46.7 Å². The summed E-state index contributed by atoms with van der Waals surface area (Å²) in [6.07, 6.45) is -0.153. The molecule has 0 atom stereocenters. The number of ether oxygens (including phenoxy) is 2. The fourth-order valence-electron chi connectivity index (χ4n) is 2.77. The second-order valence-electron chi connectivity index (χ2n) is 6.34. The largest absolute Gasteiger partial charge is 0.471 e. The lowest BCUT2D eigenvalue weighted by Gasteiger charge is -2.37. The third-order valence-electron chi connectivity index (χ3n) is 4.36. The second-order valence-corrected chi connectivity index (χ2v) is 6.75. The molecule has 1 amide bonds. The number of hydrogen-bond acceptors (Lipinski definition) is 5. The Kier molecular flexibility index (Phi) is 4.76. The number of carbonyl (C=O) groups excluding carboxylic acids is 1. The van der Waals surface area contributed by atoms with Crippen LogP contribution in [-0.4, -0.2) is 45.0 Å². The van der Waals surface area contributed by atoms with Crippen molar-refractivity contribution in [1.29, 1.82) is 0 Å². The Hall–Kier alpha value is -2.94. The lowest BCUT2D eigenvalue weighted by atomic mass is 10.2. The van der Waals surface area contributed by atoms with Crippen LogP contribution in [0.1, 0.15) is 12.5 Å². The SMILES string of the molecule is CC(=O)N1CC(Oc2nc3nc(OCc4c(F)cccc4F)c(Cl)cc3[nH]2)C1. The number of amides is 1. The number of nitrogens with one attached hydrogen (secondary N) is 1. The van der Waals surface area contributed by atoms with Crippen molar-refractivity contribution in [3.63, 3.8) is 0 Å². The van der Waals surface area contributed by atoms with Crippen LogP contribution in [0.3, 0.4) is 0 Å². The van der Waals surface area contributed by atoms with Crippen LogP contribution in [0.2, 0.25) is 5.02 Å². The van der Waals surface area contributed by atoms with Crippen LogP contribution < -0.4 is 9.47 Å². The molecule has 10 heteroatoms. The Balaban J connectivity index is 1.48. The Bertz CT molecular complexity index is 1030. The molecule has 4 rings (SSSR count). The highest BCUT2D eigenvalue weighted by molar-refractivity contribution is 6.32. The summed E-state index contributed by atoms with van der Waals surface area (Å²) >= 11 is 6.15. The summed E-state index contributed by atoms with van der Waals surface area (Å²) in [5.41, 5.74) is 0.588. The molecule has 1 aliphatic rings. The number of fused-ring (bicyclic) bond motifs is 1. The van der Waals surface area contributed by atoms with Crippen molar-refractivity contribution in [2.45, 2.75) is 19.6 Å². The Morgan fingerprint density at radius 1 is 1.32 bits per heavy atom. The van der Waals surface area contributed by atoms with Crippen molar-refractivity contribution in [2.75, 3.05) is 13.1 Å². The summed E-state index contributed by atoms with van der Waals surface area (Å²) in [7, 11) is 0. The summed E-state index contributed by atoms with van der Waals surface area (Å²) in [6, 6.07) is 5.34. The van der Waals surface area contributed by atoms with Crippen LogP contribution in [0.4, 0.5) is 8.78 Å². The molecule has 0 spiro atoms. The molecule has 0 saturated carbocycles. The van der Waals surface area contributed by atoms with Crippen LogP contribution in [0.5, 0.6) is 11.9 Å². The number of likely N-dealkylation sites (tertiary alicyclic amines) is 1. The topological polar surface area (TPSA) is 80.3 Å². The molecule has 1 N–H and O–H groups in total. The number of carbonyl (C=O) groups is 1. The zero-order valence-corrected chi connectivity index (χ0v) is 15.5. The Labute approximate surface area is 163 Å². The Morgan fingerprint density at radius 2 is 2.04 bits per heavy atom. The normalized spacial score (nSPS) is 14.2. The molecule has 1 saturated heterocycles. The van der Waals surface area contributed by atoms with E-state index in [1.807, 2.05) is 0 Å². The van der Waals surface area contributed by atoms with Crippen molar-refractivity contribution >= 4 is 28.7 Å². The molecule has 146 valence electrons. The van der Waals surface area contributed by atoms with Gasteiger partial charge in [-0.05, 0) is 18.2 Å². The van der Waals surface area contributed by atoms with E-state index in [2.05, 4.69) is 15.0 Å². The van der Waals surface area contributed by atoms with Crippen molar-refractivity contribution in [1.82, 2.24) is 19.9 Å². The minimum Gasteiger partial charge on any atom is -0.471 e. The predicted molar refractivity (Wildman–Crippen MR) is 96.3 cm³/mol. The number of H-pyrrole nitrogens is 1. The monoisotopic (exact) mass is 408 g/mol. The van der Waals surface area contributed by atoms with Gasteiger partial charge in [0.15, 0.2) is 5.65 Å². The summed E-state index contributed by atoms with van der Waals surface area (Å²) in [5.74, 6) is -1.44. The maximum Gasteiger partial charge on any atom is 0.296 e. The molecule has 1 aromatic carbocycles. The number of aromatic nitrogens is 3. The second kappa shape index (κ2) is 7.23. The number of halogens is 3. The van der Waals surface area contributed by atoms with Gasteiger partial charge in [0.25, 0.3) is 6.01 Å². The van der Waals surface area contributed by atoms with Gasteiger partial charge in [-0.2, -0.15) is 9.97 Å². The number of aromatic amines is 1. The van der Waals surface area contributed by atoms with Crippen LogP contribution in [0, 0.1) is 11.6 Å². The summed E-state index contributed by atoms with van der Waals surface area (Å²) in [6.45, 7) is 2.11. The van der Waals surface area contributed by atoms with E-state index in [0.717, 1.165) is 12.1 Å². The van der Waals surface area contributed by atoms with Crippen LogP contribution in [0.15, 0.2) is 24.3 Å². The molecule has 1 aliphatic heterocycles. The lowest BCUT2D eigenvalue weighted by Crippen LogP contribution is -2.55. The summed E-state index contributed by atoms with van der Waals surface area (Å²) in [4.78, 5) is 24.2. The standard InChI is InChI=1S/C18H15ClF2N4O3/c1-9(26)25-6-10(7-25)28-18-22-15-5-12(19)17(23-16(15)24-18)27-8-11-13(20)3-2-4-14(11)21/h2-5,10H,6-8H2,1H3,(H,22,23,24).